The molecule has 0 unspecified atom stereocenters. The first-order chi connectivity index (χ1) is 11.4. The number of aromatic nitrogens is 1. The SMILES string of the molecule is CC(C)NC(=O)CNC(=O)/C=C/c1csc(-c2ccc(F)cc2)n1. The summed E-state index contributed by atoms with van der Waals surface area (Å²) in [7, 11) is 0. The number of nitrogens with zero attached hydrogens (tertiary/aromatic N) is 1. The van der Waals surface area contributed by atoms with Gasteiger partial charge in [0.1, 0.15) is 10.8 Å². The molecule has 0 atom stereocenters. The second kappa shape index (κ2) is 8.35. The molecule has 1 aromatic heterocycles. The molecule has 0 spiro atoms. The zero-order valence-corrected chi connectivity index (χ0v) is 14.2. The maximum Gasteiger partial charge on any atom is 0.244 e. The molecule has 126 valence electrons. The van der Waals surface area contributed by atoms with E-state index in [9.17, 15) is 14.0 Å². The molecule has 0 aliphatic heterocycles. The largest absolute Gasteiger partial charge is 0.352 e. The van der Waals surface area contributed by atoms with Crippen molar-refractivity contribution < 1.29 is 14.0 Å². The van der Waals surface area contributed by atoms with Gasteiger partial charge in [-0.1, -0.05) is 0 Å². The number of nitrogens with one attached hydrogen (secondary N) is 2. The van der Waals surface area contributed by atoms with Crippen molar-refractivity contribution in [3.8, 4) is 10.6 Å². The first-order valence-electron chi connectivity index (χ1n) is 7.41. The van der Waals surface area contributed by atoms with E-state index in [1.54, 1.807) is 23.6 Å². The Morgan fingerprint density at radius 2 is 2.00 bits per heavy atom. The second-order valence-electron chi connectivity index (χ2n) is 5.36. The number of hydrogen-bond donors (Lipinski definition) is 2. The van der Waals surface area contributed by atoms with E-state index < -0.39 is 0 Å². The predicted octanol–water partition coefficient (Wildman–Crippen LogP) is 2.60. The monoisotopic (exact) mass is 347 g/mol. The van der Waals surface area contributed by atoms with E-state index in [0.717, 1.165) is 10.6 Å². The van der Waals surface area contributed by atoms with Gasteiger partial charge in [-0.15, -0.1) is 11.3 Å². The van der Waals surface area contributed by atoms with Crippen molar-refractivity contribution in [3.63, 3.8) is 0 Å². The normalized spacial score (nSPS) is 11.0. The van der Waals surface area contributed by atoms with Gasteiger partial charge in [0.25, 0.3) is 0 Å². The van der Waals surface area contributed by atoms with Gasteiger partial charge < -0.3 is 10.6 Å². The lowest BCUT2D eigenvalue weighted by Crippen LogP contribution is -2.39. The number of carbonyl (C=O) groups is 2. The maximum atomic E-state index is 12.9. The summed E-state index contributed by atoms with van der Waals surface area (Å²) >= 11 is 1.40. The summed E-state index contributed by atoms with van der Waals surface area (Å²) in [6, 6.07) is 6.09. The fraction of sp³-hybridized carbons (Fsp3) is 0.235. The minimum Gasteiger partial charge on any atom is -0.352 e. The van der Waals surface area contributed by atoms with Crippen LogP contribution in [0.15, 0.2) is 35.7 Å². The molecular formula is C17H18FN3O2S. The highest BCUT2D eigenvalue weighted by Gasteiger charge is 2.06. The molecule has 0 radical (unpaired) electrons. The van der Waals surface area contributed by atoms with Gasteiger partial charge in [-0.05, 0) is 44.2 Å². The molecule has 0 fully saturated rings. The van der Waals surface area contributed by atoms with Crippen molar-refractivity contribution in [2.75, 3.05) is 6.54 Å². The predicted molar refractivity (Wildman–Crippen MR) is 92.8 cm³/mol. The molecular weight excluding hydrogens is 329 g/mol. The number of benzene rings is 1. The minimum absolute atomic E-state index is 0.0323. The lowest BCUT2D eigenvalue weighted by atomic mass is 10.2. The van der Waals surface area contributed by atoms with Gasteiger partial charge >= 0.3 is 0 Å². The Bertz CT molecular complexity index is 739. The third kappa shape index (κ3) is 5.58. The highest BCUT2D eigenvalue weighted by atomic mass is 32.1. The van der Waals surface area contributed by atoms with Crippen LogP contribution in [0.25, 0.3) is 16.6 Å². The number of amides is 2. The van der Waals surface area contributed by atoms with E-state index in [1.165, 1.54) is 29.5 Å². The molecule has 0 saturated heterocycles. The fourth-order valence-corrected chi connectivity index (χ4v) is 2.64. The van der Waals surface area contributed by atoms with Crippen LogP contribution in [0, 0.1) is 5.82 Å². The van der Waals surface area contributed by atoms with Gasteiger partial charge in [0.2, 0.25) is 11.8 Å². The van der Waals surface area contributed by atoms with Gasteiger partial charge in [-0.25, -0.2) is 9.37 Å². The molecule has 2 aromatic rings. The smallest absolute Gasteiger partial charge is 0.244 e. The number of carbonyl (C=O) groups excluding carboxylic acids is 2. The highest BCUT2D eigenvalue weighted by molar-refractivity contribution is 7.13. The summed E-state index contributed by atoms with van der Waals surface area (Å²) < 4.78 is 12.9. The summed E-state index contributed by atoms with van der Waals surface area (Å²) in [6.45, 7) is 3.63. The molecule has 2 N–H and O–H groups in total. The molecule has 5 nitrogen and oxygen atoms in total. The van der Waals surface area contributed by atoms with E-state index in [2.05, 4.69) is 15.6 Å². The van der Waals surface area contributed by atoms with Crippen molar-refractivity contribution in [1.82, 2.24) is 15.6 Å². The van der Waals surface area contributed by atoms with Gasteiger partial charge in [-0.2, -0.15) is 0 Å². The van der Waals surface area contributed by atoms with Crippen LogP contribution < -0.4 is 10.6 Å². The van der Waals surface area contributed by atoms with E-state index >= 15 is 0 Å². The third-order valence-corrected chi connectivity index (χ3v) is 3.80. The quantitative estimate of drug-likeness (QED) is 0.789. The Morgan fingerprint density at radius 1 is 1.29 bits per heavy atom. The van der Waals surface area contributed by atoms with Crippen molar-refractivity contribution in [2.45, 2.75) is 19.9 Å². The van der Waals surface area contributed by atoms with Crippen LogP contribution in [0.5, 0.6) is 0 Å². The van der Waals surface area contributed by atoms with E-state index in [-0.39, 0.29) is 30.2 Å². The zero-order valence-electron chi connectivity index (χ0n) is 13.4. The molecule has 1 heterocycles. The van der Waals surface area contributed by atoms with Crippen LogP contribution in [-0.2, 0) is 9.59 Å². The maximum absolute atomic E-state index is 12.9. The summed E-state index contributed by atoms with van der Waals surface area (Å²) in [5.74, 6) is -0.905. The average Bonchev–Trinajstić information content (AvgIpc) is 3.00. The number of hydrogen-bond acceptors (Lipinski definition) is 4. The number of thiazole rings is 1. The average molecular weight is 347 g/mol. The molecule has 0 bridgehead atoms. The lowest BCUT2D eigenvalue weighted by Gasteiger charge is -2.07. The van der Waals surface area contributed by atoms with Crippen LogP contribution in [0.4, 0.5) is 4.39 Å². The van der Waals surface area contributed by atoms with Gasteiger partial charge in [-0.3, -0.25) is 9.59 Å². The van der Waals surface area contributed by atoms with Crippen molar-refractivity contribution in [3.05, 3.63) is 47.2 Å². The second-order valence-corrected chi connectivity index (χ2v) is 6.22. The van der Waals surface area contributed by atoms with E-state index in [1.807, 2.05) is 13.8 Å². The Kier molecular flexibility index (Phi) is 6.20. The van der Waals surface area contributed by atoms with Crippen LogP contribution in [0.1, 0.15) is 19.5 Å². The number of rotatable bonds is 6. The van der Waals surface area contributed by atoms with Gasteiger partial charge in [0.15, 0.2) is 0 Å². The number of halogens is 1. The van der Waals surface area contributed by atoms with Crippen LogP contribution >= 0.6 is 11.3 Å². The van der Waals surface area contributed by atoms with Crippen LogP contribution in [0.2, 0.25) is 0 Å². The van der Waals surface area contributed by atoms with E-state index in [4.69, 9.17) is 0 Å². The topological polar surface area (TPSA) is 71.1 Å². The van der Waals surface area contributed by atoms with Gasteiger partial charge in [0, 0.05) is 23.1 Å². The summed E-state index contributed by atoms with van der Waals surface area (Å²) in [5, 5.41) is 7.72. The molecule has 24 heavy (non-hydrogen) atoms. The Labute approximate surface area is 143 Å². The fourth-order valence-electron chi connectivity index (χ4n) is 1.85. The van der Waals surface area contributed by atoms with Crippen molar-refractivity contribution in [2.24, 2.45) is 0 Å². The Balaban J connectivity index is 1.89. The first kappa shape index (κ1) is 17.8. The Morgan fingerprint density at radius 3 is 2.67 bits per heavy atom. The summed E-state index contributed by atoms with van der Waals surface area (Å²) in [6.07, 6.45) is 2.89. The minimum atomic E-state index is -0.370. The molecule has 2 rings (SSSR count). The molecule has 7 heteroatoms. The van der Waals surface area contributed by atoms with Gasteiger partial charge in [0.05, 0.1) is 12.2 Å². The zero-order chi connectivity index (χ0) is 17.5. The van der Waals surface area contributed by atoms with Crippen molar-refractivity contribution in [1.29, 1.82) is 0 Å². The van der Waals surface area contributed by atoms with Crippen molar-refractivity contribution >= 4 is 29.2 Å². The molecule has 1 aromatic carbocycles. The Hall–Kier alpha value is -2.54. The van der Waals surface area contributed by atoms with Crippen LogP contribution in [0.3, 0.4) is 0 Å². The molecule has 0 saturated carbocycles. The van der Waals surface area contributed by atoms with Crippen LogP contribution in [-0.4, -0.2) is 29.4 Å². The van der Waals surface area contributed by atoms with E-state index in [0.29, 0.717) is 5.69 Å². The highest BCUT2D eigenvalue weighted by Crippen LogP contribution is 2.24. The first-order valence-corrected chi connectivity index (χ1v) is 8.29. The molecule has 2 amide bonds. The molecule has 0 aliphatic carbocycles. The third-order valence-electron chi connectivity index (χ3n) is 2.89. The summed E-state index contributed by atoms with van der Waals surface area (Å²) in [4.78, 5) is 27.5. The molecule has 0 aliphatic rings. The lowest BCUT2D eigenvalue weighted by molar-refractivity contribution is -0.124. The standard InChI is InChI=1S/C17H18FN3O2S/c1-11(2)20-16(23)9-19-15(22)8-7-14-10-24-17(21-14)12-3-5-13(18)6-4-12/h3-8,10-11H,9H2,1-2H3,(H,19,22)(H,20,23)/b8-7+. The summed E-state index contributed by atoms with van der Waals surface area (Å²) in [5.41, 5.74) is 1.44.